The van der Waals surface area contributed by atoms with Crippen molar-refractivity contribution in [3.05, 3.63) is 21.5 Å². The minimum Gasteiger partial charge on any atom is -0.369 e. The molecule has 19 heavy (non-hydrogen) atoms. The van der Waals surface area contributed by atoms with Crippen LogP contribution >= 0.6 is 22.6 Å². The highest BCUT2D eigenvalue weighted by Gasteiger charge is 2.26. The predicted molar refractivity (Wildman–Crippen MR) is 72.1 cm³/mol. The van der Waals surface area contributed by atoms with E-state index in [1.165, 1.54) is 16.7 Å². The molecule has 8 heteroatoms. The molecule has 0 unspecified atom stereocenters. The number of rotatable bonds is 3. The number of hydrogen-bond acceptors (Lipinski definition) is 2. The molecule has 0 fully saturated rings. The van der Waals surface area contributed by atoms with Crippen LogP contribution in [0.5, 0.6) is 0 Å². The summed E-state index contributed by atoms with van der Waals surface area (Å²) < 4.78 is 51.6. The van der Waals surface area contributed by atoms with Gasteiger partial charge in [-0.1, -0.05) is 0 Å². The third kappa shape index (κ3) is 3.28. The number of benzene rings is 1. The molecule has 0 saturated heterocycles. The Morgan fingerprint density at radius 3 is 2.63 bits per heavy atom. The van der Waals surface area contributed by atoms with E-state index in [1.54, 1.807) is 0 Å². The summed E-state index contributed by atoms with van der Waals surface area (Å²) in [5.41, 5.74) is 6.55. The molecule has 1 heterocycles. The van der Waals surface area contributed by atoms with Gasteiger partial charge in [-0.3, -0.25) is 0 Å². The van der Waals surface area contributed by atoms with E-state index in [1.807, 2.05) is 22.6 Å². The molecule has 0 amide bonds. The van der Waals surface area contributed by atoms with Crippen molar-refractivity contribution in [3.8, 4) is 0 Å². The van der Waals surface area contributed by atoms with Crippen molar-refractivity contribution in [3.63, 3.8) is 0 Å². The number of nitrogen functional groups attached to an aromatic ring is 1. The molecule has 0 radical (unpaired) electrons. The number of anilines is 1. The SMILES string of the molecule is Nc1nc2cc(I)c(F)cc2n1CCCC(F)(F)F. The molecule has 2 N–H and O–H groups in total. The molecule has 0 aliphatic rings. The van der Waals surface area contributed by atoms with Gasteiger partial charge in [0.25, 0.3) is 0 Å². The standard InChI is InChI=1S/C11H10F4IN3/c12-6-4-9-8(5-7(6)16)18-10(17)19(9)3-1-2-11(13,14)15/h4-5H,1-3H2,(H2,17,18). The Balaban J connectivity index is 2.27. The maximum atomic E-state index is 13.5. The van der Waals surface area contributed by atoms with Gasteiger partial charge in [0.15, 0.2) is 0 Å². The Bertz CT molecular complexity index is 606. The van der Waals surface area contributed by atoms with Crippen molar-refractivity contribution in [2.45, 2.75) is 25.6 Å². The molecular weight excluding hydrogens is 377 g/mol. The summed E-state index contributed by atoms with van der Waals surface area (Å²) in [4.78, 5) is 4.02. The lowest BCUT2D eigenvalue weighted by Gasteiger charge is -2.08. The minimum atomic E-state index is -4.20. The number of halogens is 5. The largest absolute Gasteiger partial charge is 0.389 e. The van der Waals surface area contributed by atoms with Crippen molar-refractivity contribution >= 4 is 39.6 Å². The topological polar surface area (TPSA) is 43.8 Å². The highest BCUT2D eigenvalue weighted by Crippen LogP contribution is 2.25. The molecule has 0 bridgehead atoms. The smallest absolute Gasteiger partial charge is 0.369 e. The Morgan fingerprint density at radius 1 is 1.32 bits per heavy atom. The lowest BCUT2D eigenvalue weighted by atomic mass is 10.2. The van der Waals surface area contributed by atoms with E-state index in [9.17, 15) is 17.6 Å². The van der Waals surface area contributed by atoms with Gasteiger partial charge < -0.3 is 10.3 Å². The molecule has 104 valence electrons. The van der Waals surface area contributed by atoms with Crippen LogP contribution in [0.2, 0.25) is 0 Å². The third-order valence-corrected chi connectivity index (χ3v) is 3.49. The van der Waals surface area contributed by atoms with Crippen LogP contribution in [-0.2, 0) is 6.54 Å². The Hall–Kier alpha value is -1.06. The second-order valence-corrected chi connectivity index (χ2v) is 5.26. The number of aromatic nitrogens is 2. The summed E-state index contributed by atoms with van der Waals surface area (Å²) in [6.07, 6.45) is -5.22. The summed E-state index contributed by atoms with van der Waals surface area (Å²) in [6, 6.07) is 2.76. The van der Waals surface area contributed by atoms with Crippen molar-refractivity contribution in [2.75, 3.05) is 5.73 Å². The fourth-order valence-electron chi connectivity index (χ4n) is 1.81. The predicted octanol–water partition coefficient (Wildman–Crippen LogP) is 3.70. The van der Waals surface area contributed by atoms with Crippen molar-refractivity contribution < 1.29 is 17.6 Å². The number of nitrogens with two attached hydrogens (primary N) is 1. The number of hydrogen-bond donors (Lipinski definition) is 1. The van der Waals surface area contributed by atoms with Gasteiger partial charge >= 0.3 is 6.18 Å². The lowest BCUT2D eigenvalue weighted by Crippen LogP contribution is -2.10. The van der Waals surface area contributed by atoms with E-state index in [0.717, 1.165) is 0 Å². The molecule has 1 aromatic carbocycles. The van der Waals surface area contributed by atoms with Crippen LogP contribution in [0.3, 0.4) is 0 Å². The summed E-state index contributed by atoms with van der Waals surface area (Å²) >= 11 is 1.82. The molecule has 0 aliphatic heterocycles. The minimum absolute atomic E-state index is 0.0574. The van der Waals surface area contributed by atoms with Crippen LogP contribution in [0.25, 0.3) is 11.0 Å². The molecule has 1 aromatic heterocycles. The van der Waals surface area contributed by atoms with E-state index in [-0.39, 0.29) is 18.9 Å². The van der Waals surface area contributed by atoms with Gasteiger partial charge in [0.05, 0.1) is 14.6 Å². The molecule has 0 saturated carbocycles. The van der Waals surface area contributed by atoms with Crippen molar-refractivity contribution in [1.29, 1.82) is 0 Å². The normalized spacial score (nSPS) is 12.3. The maximum Gasteiger partial charge on any atom is 0.389 e. The monoisotopic (exact) mass is 387 g/mol. The maximum absolute atomic E-state index is 13.5. The van der Waals surface area contributed by atoms with E-state index in [4.69, 9.17) is 5.73 Å². The first-order valence-electron chi connectivity index (χ1n) is 5.45. The number of nitrogens with zero attached hydrogens (tertiary/aromatic N) is 2. The van der Waals surface area contributed by atoms with Crippen LogP contribution in [0.4, 0.5) is 23.5 Å². The Kier molecular flexibility index (Phi) is 3.88. The fraction of sp³-hybridized carbons (Fsp3) is 0.364. The average molecular weight is 387 g/mol. The summed E-state index contributed by atoms with van der Waals surface area (Å²) in [6.45, 7) is 0.0574. The third-order valence-electron chi connectivity index (χ3n) is 2.66. The van der Waals surface area contributed by atoms with Gasteiger partial charge in [-0.15, -0.1) is 0 Å². The van der Waals surface area contributed by atoms with Crippen molar-refractivity contribution in [2.24, 2.45) is 0 Å². The van der Waals surface area contributed by atoms with Crippen LogP contribution in [-0.4, -0.2) is 15.7 Å². The van der Waals surface area contributed by atoms with E-state index in [0.29, 0.717) is 14.6 Å². The molecule has 0 spiro atoms. The fourth-order valence-corrected chi connectivity index (χ4v) is 2.26. The molecule has 0 atom stereocenters. The highest BCUT2D eigenvalue weighted by molar-refractivity contribution is 14.1. The zero-order valence-electron chi connectivity index (χ0n) is 9.64. The molecular formula is C11H10F4IN3. The van der Waals surface area contributed by atoms with Crippen molar-refractivity contribution in [1.82, 2.24) is 9.55 Å². The summed E-state index contributed by atoms with van der Waals surface area (Å²) in [5.74, 6) is -0.344. The quantitative estimate of drug-likeness (QED) is 0.645. The number of aryl methyl sites for hydroxylation is 1. The first-order chi connectivity index (χ1) is 8.78. The van der Waals surface area contributed by atoms with Gasteiger partial charge in [-0.05, 0) is 35.1 Å². The second kappa shape index (κ2) is 5.14. The Labute approximate surface area is 119 Å². The van der Waals surface area contributed by atoms with Crippen LogP contribution in [0.15, 0.2) is 12.1 Å². The van der Waals surface area contributed by atoms with Gasteiger partial charge in [0, 0.05) is 19.0 Å². The molecule has 2 rings (SSSR count). The molecule has 2 aromatic rings. The molecule has 3 nitrogen and oxygen atoms in total. The van der Waals surface area contributed by atoms with E-state index >= 15 is 0 Å². The van der Waals surface area contributed by atoms with Crippen LogP contribution in [0, 0.1) is 9.39 Å². The van der Waals surface area contributed by atoms with E-state index in [2.05, 4.69) is 4.98 Å². The number of imidazole rings is 1. The second-order valence-electron chi connectivity index (χ2n) is 4.10. The van der Waals surface area contributed by atoms with E-state index < -0.39 is 18.4 Å². The van der Waals surface area contributed by atoms with Crippen LogP contribution < -0.4 is 5.73 Å². The Morgan fingerprint density at radius 2 is 2.00 bits per heavy atom. The first kappa shape index (κ1) is 14.4. The lowest BCUT2D eigenvalue weighted by molar-refractivity contribution is -0.135. The van der Waals surface area contributed by atoms with Gasteiger partial charge in [-0.25, -0.2) is 9.37 Å². The zero-order chi connectivity index (χ0) is 14.2. The average Bonchev–Trinajstić information content (AvgIpc) is 2.55. The summed E-state index contributed by atoms with van der Waals surface area (Å²) in [5, 5.41) is 0. The molecule has 0 aliphatic carbocycles. The number of fused-ring (bicyclic) bond motifs is 1. The van der Waals surface area contributed by atoms with Gasteiger partial charge in [0.2, 0.25) is 5.95 Å². The first-order valence-corrected chi connectivity index (χ1v) is 6.53. The number of alkyl halides is 3. The zero-order valence-corrected chi connectivity index (χ0v) is 11.8. The van der Waals surface area contributed by atoms with Crippen LogP contribution in [0.1, 0.15) is 12.8 Å². The highest BCUT2D eigenvalue weighted by atomic mass is 127. The summed E-state index contributed by atoms with van der Waals surface area (Å²) in [7, 11) is 0. The van der Waals surface area contributed by atoms with Gasteiger partial charge in [0.1, 0.15) is 5.82 Å². The van der Waals surface area contributed by atoms with Gasteiger partial charge in [-0.2, -0.15) is 13.2 Å².